The lowest BCUT2D eigenvalue weighted by molar-refractivity contribution is 0.0945. The van der Waals surface area contributed by atoms with Gasteiger partial charge in [0.1, 0.15) is 11.5 Å². The number of carbonyl (C=O) groups is 1. The van der Waals surface area contributed by atoms with E-state index in [2.05, 4.69) is 15.6 Å². The van der Waals surface area contributed by atoms with Crippen LogP contribution < -0.4 is 14.8 Å². The highest BCUT2D eigenvalue weighted by Gasteiger charge is 2.12. The molecule has 2 aromatic carbocycles. The van der Waals surface area contributed by atoms with Crippen molar-refractivity contribution in [1.82, 2.24) is 20.3 Å². The van der Waals surface area contributed by atoms with Crippen LogP contribution in [0.2, 0.25) is 0 Å². The Morgan fingerprint density at radius 1 is 1.08 bits per heavy atom. The Morgan fingerprint density at radius 2 is 1.84 bits per heavy atom. The lowest BCUT2D eigenvalue weighted by atomic mass is 10.2. The highest BCUT2D eigenvalue weighted by Crippen LogP contribution is 2.17. The fourth-order valence-corrected chi connectivity index (χ4v) is 2.34. The molecule has 3 rings (SSSR count). The second-order valence-corrected chi connectivity index (χ2v) is 5.24. The average Bonchev–Trinajstić information content (AvgIpc) is 3.16. The van der Waals surface area contributed by atoms with Crippen molar-refractivity contribution < 1.29 is 14.3 Å². The van der Waals surface area contributed by atoms with Crippen molar-refractivity contribution in [3.05, 3.63) is 66.0 Å². The molecule has 0 saturated carbocycles. The molecular weight excluding hydrogens is 320 g/mol. The molecule has 0 radical (unpaired) electrons. The van der Waals surface area contributed by atoms with E-state index in [1.54, 1.807) is 20.4 Å². The number of rotatable bonds is 6. The van der Waals surface area contributed by atoms with Crippen molar-refractivity contribution in [2.45, 2.75) is 6.54 Å². The minimum absolute atomic E-state index is 0.241. The van der Waals surface area contributed by atoms with Crippen LogP contribution in [0.1, 0.15) is 16.1 Å². The van der Waals surface area contributed by atoms with E-state index >= 15 is 0 Å². The second kappa shape index (κ2) is 7.48. The SMILES string of the molecule is COc1ccc(-n2cc(C(=O)NCc3ccccc3OC)nn2)cc1. The lowest BCUT2D eigenvalue weighted by Crippen LogP contribution is -2.23. The van der Waals surface area contributed by atoms with E-state index in [1.807, 2.05) is 48.5 Å². The number of nitrogens with one attached hydrogen (secondary N) is 1. The van der Waals surface area contributed by atoms with Crippen molar-refractivity contribution in [2.75, 3.05) is 14.2 Å². The van der Waals surface area contributed by atoms with E-state index in [1.165, 1.54) is 4.68 Å². The number of aromatic nitrogens is 3. The summed E-state index contributed by atoms with van der Waals surface area (Å²) in [7, 11) is 3.20. The molecule has 1 N–H and O–H groups in total. The monoisotopic (exact) mass is 338 g/mol. The summed E-state index contributed by atoms with van der Waals surface area (Å²) in [5.74, 6) is 1.17. The average molecular weight is 338 g/mol. The number of para-hydroxylation sites is 1. The number of nitrogens with zero attached hydrogens (tertiary/aromatic N) is 3. The summed E-state index contributed by atoms with van der Waals surface area (Å²) in [6.45, 7) is 0.345. The first-order chi connectivity index (χ1) is 12.2. The van der Waals surface area contributed by atoms with Crippen LogP contribution in [0, 0.1) is 0 Å². The summed E-state index contributed by atoms with van der Waals surface area (Å²) in [5, 5.41) is 10.7. The Hall–Kier alpha value is -3.35. The molecule has 0 aliphatic heterocycles. The van der Waals surface area contributed by atoms with Gasteiger partial charge in [0.15, 0.2) is 5.69 Å². The Balaban J connectivity index is 1.68. The summed E-state index contributed by atoms with van der Waals surface area (Å²) >= 11 is 0. The maximum atomic E-state index is 12.3. The van der Waals surface area contributed by atoms with Gasteiger partial charge in [-0.05, 0) is 30.3 Å². The molecule has 25 heavy (non-hydrogen) atoms. The van der Waals surface area contributed by atoms with Gasteiger partial charge in [-0.25, -0.2) is 4.68 Å². The minimum atomic E-state index is -0.300. The highest BCUT2D eigenvalue weighted by atomic mass is 16.5. The molecule has 0 aliphatic carbocycles. The van der Waals surface area contributed by atoms with Gasteiger partial charge in [0, 0.05) is 12.1 Å². The first kappa shape index (κ1) is 16.5. The van der Waals surface area contributed by atoms with Gasteiger partial charge >= 0.3 is 0 Å². The van der Waals surface area contributed by atoms with Crippen LogP contribution in [0.25, 0.3) is 5.69 Å². The zero-order valence-corrected chi connectivity index (χ0v) is 14.0. The van der Waals surface area contributed by atoms with Gasteiger partial charge in [-0.3, -0.25) is 4.79 Å². The lowest BCUT2D eigenvalue weighted by Gasteiger charge is -2.08. The van der Waals surface area contributed by atoms with Crippen molar-refractivity contribution >= 4 is 5.91 Å². The first-order valence-electron chi connectivity index (χ1n) is 7.68. The quantitative estimate of drug-likeness (QED) is 0.745. The summed E-state index contributed by atoms with van der Waals surface area (Å²) in [6.07, 6.45) is 1.58. The molecule has 0 spiro atoms. The van der Waals surface area contributed by atoms with Crippen LogP contribution in [0.5, 0.6) is 11.5 Å². The number of benzene rings is 2. The number of ether oxygens (including phenoxy) is 2. The molecule has 1 heterocycles. The summed E-state index contributed by atoms with van der Waals surface area (Å²) in [4.78, 5) is 12.3. The number of amides is 1. The second-order valence-electron chi connectivity index (χ2n) is 5.24. The first-order valence-corrected chi connectivity index (χ1v) is 7.68. The fourth-order valence-electron chi connectivity index (χ4n) is 2.34. The Morgan fingerprint density at radius 3 is 2.56 bits per heavy atom. The molecule has 0 unspecified atom stereocenters. The standard InChI is InChI=1S/C18H18N4O3/c1-24-15-9-7-14(8-10-15)22-12-16(20-21-22)18(23)19-11-13-5-3-4-6-17(13)25-2/h3-10,12H,11H2,1-2H3,(H,19,23). The van der Waals surface area contributed by atoms with Gasteiger partial charge < -0.3 is 14.8 Å². The van der Waals surface area contributed by atoms with Crippen molar-refractivity contribution in [1.29, 1.82) is 0 Å². The summed E-state index contributed by atoms with van der Waals surface area (Å²) in [5.41, 5.74) is 1.92. The zero-order valence-electron chi connectivity index (χ0n) is 14.0. The Labute approximate surface area is 145 Å². The number of hydrogen-bond acceptors (Lipinski definition) is 5. The van der Waals surface area contributed by atoms with Gasteiger partial charge in [-0.2, -0.15) is 0 Å². The van der Waals surface area contributed by atoms with E-state index < -0.39 is 0 Å². The van der Waals surface area contributed by atoms with E-state index in [-0.39, 0.29) is 11.6 Å². The number of carbonyl (C=O) groups excluding carboxylic acids is 1. The van der Waals surface area contributed by atoms with Crippen LogP contribution in [-0.4, -0.2) is 35.1 Å². The maximum absolute atomic E-state index is 12.3. The van der Waals surface area contributed by atoms with Crippen LogP contribution in [-0.2, 0) is 6.54 Å². The molecule has 0 atom stereocenters. The van der Waals surface area contributed by atoms with Crippen molar-refractivity contribution in [2.24, 2.45) is 0 Å². The molecule has 3 aromatic rings. The molecule has 1 aromatic heterocycles. The molecule has 7 heteroatoms. The number of methoxy groups -OCH3 is 2. The molecule has 7 nitrogen and oxygen atoms in total. The van der Waals surface area contributed by atoms with Gasteiger partial charge in [0.05, 0.1) is 26.1 Å². The highest BCUT2D eigenvalue weighted by molar-refractivity contribution is 5.91. The summed E-state index contributed by atoms with van der Waals surface area (Å²) in [6, 6.07) is 14.8. The molecule has 0 bridgehead atoms. The predicted molar refractivity (Wildman–Crippen MR) is 92.1 cm³/mol. The Bertz CT molecular complexity index is 859. The van der Waals surface area contributed by atoms with Crippen LogP contribution >= 0.6 is 0 Å². The third-order valence-electron chi connectivity index (χ3n) is 3.69. The fraction of sp³-hybridized carbons (Fsp3) is 0.167. The van der Waals surface area contributed by atoms with Gasteiger partial charge in [0.25, 0.3) is 5.91 Å². The predicted octanol–water partition coefficient (Wildman–Crippen LogP) is 2.21. The molecule has 1 amide bonds. The number of hydrogen-bond donors (Lipinski definition) is 1. The van der Waals surface area contributed by atoms with Crippen LogP contribution in [0.3, 0.4) is 0 Å². The van der Waals surface area contributed by atoms with Crippen LogP contribution in [0.4, 0.5) is 0 Å². The Kier molecular flexibility index (Phi) is 4.94. The smallest absolute Gasteiger partial charge is 0.273 e. The molecule has 128 valence electrons. The van der Waals surface area contributed by atoms with E-state index in [9.17, 15) is 4.79 Å². The third-order valence-corrected chi connectivity index (χ3v) is 3.69. The van der Waals surface area contributed by atoms with E-state index in [0.717, 1.165) is 22.7 Å². The van der Waals surface area contributed by atoms with Gasteiger partial charge in [-0.15, -0.1) is 5.10 Å². The zero-order chi connectivity index (χ0) is 17.6. The summed E-state index contributed by atoms with van der Waals surface area (Å²) < 4.78 is 11.9. The molecule has 0 fully saturated rings. The minimum Gasteiger partial charge on any atom is -0.497 e. The molecule has 0 saturated heterocycles. The maximum Gasteiger partial charge on any atom is 0.273 e. The van der Waals surface area contributed by atoms with E-state index in [0.29, 0.717) is 6.54 Å². The van der Waals surface area contributed by atoms with E-state index in [4.69, 9.17) is 9.47 Å². The third kappa shape index (κ3) is 3.77. The molecular formula is C18H18N4O3. The topological polar surface area (TPSA) is 78.3 Å². The van der Waals surface area contributed by atoms with Gasteiger partial charge in [0.2, 0.25) is 0 Å². The largest absolute Gasteiger partial charge is 0.497 e. The van der Waals surface area contributed by atoms with Gasteiger partial charge in [-0.1, -0.05) is 23.4 Å². The molecule has 0 aliphatic rings. The van der Waals surface area contributed by atoms with Crippen LogP contribution in [0.15, 0.2) is 54.7 Å². The van der Waals surface area contributed by atoms with Crippen molar-refractivity contribution in [3.8, 4) is 17.2 Å². The van der Waals surface area contributed by atoms with Crippen molar-refractivity contribution in [3.63, 3.8) is 0 Å². The normalized spacial score (nSPS) is 10.3.